The zero-order valence-corrected chi connectivity index (χ0v) is 7.77. The Kier molecular flexibility index (Phi) is 2.34. The summed E-state index contributed by atoms with van der Waals surface area (Å²) < 4.78 is 14.4. The molecule has 0 saturated carbocycles. The monoisotopic (exact) mass is 208 g/mol. The first kappa shape index (κ1) is 9.60. The Morgan fingerprint density at radius 1 is 1.53 bits per heavy atom. The summed E-state index contributed by atoms with van der Waals surface area (Å²) in [6.45, 7) is 0.0896. The molecule has 1 aromatic heterocycles. The molecule has 0 amide bonds. The van der Waals surface area contributed by atoms with Crippen LogP contribution in [0.3, 0.4) is 0 Å². The second-order valence-corrected chi connectivity index (χ2v) is 3.01. The largest absolute Gasteiger partial charge is 0.347 e. The minimum Gasteiger partial charge on any atom is -0.326 e. The average molecular weight is 208 g/mol. The molecule has 5 nitrogen and oxygen atoms in total. The molecule has 6 heteroatoms. The van der Waals surface area contributed by atoms with Crippen molar-refractivity contribution in [3.63, 3.8) is 0 Å². The van der Waals surface area contributed by atoms with E-state index in [1.54, 1.807) is 0 Å². The second kappa shape index (κ2) is 3.66. The molecule has 0 unspecified atom stereocenters. The molecular formula is C9H9FN4O. The van der Waals surface area contributed by atoms with Gasteiger partial charge in [0.05, 0.1) is 5.69 Å². The van der Waals surface area contributed by atoms with Crippen LogP contribution in [0.15, 0.2) is 29.3 Å². The molecule has 0 bridgehead atoms. The van der Waals surface area contributed by atoms with Gasteiger partial charge in [-0.15, -0.1) is 0 Å². The van der Waals surface area contributed by atoms with Crippen molar-refractivity contribution < 1.29 is 4.39 Å². The molecule has 0 radical (unpaired) electrons. The fourth-order valence-electron chi connectivity index (χ4n) is 1.30. The van der Waals surface area contributed by atoms with E-state index in [0.29, 0.717) is 11.3 Å². The van der Waals surface area contributed by atoms with E-state index >= 15 is 0 Å². The van der Waals surface area contributed by atoms with E-state index in [-0.39, 0.29) is 18.1 Å². The molecule has 0 saturated heterocycles. The Bertz CT molecular complexity index is 531. The minimum absolute atomic E-state index is 0.0896. The quantitative estimate of drug-likeness (QED) is 0.738. The van der Waals surface area contributed by atoms with Crippen molar-refractivity contribution in [2.24, 2.45) is 5.73 Å². The van der Waals surface area contributed by atoms with Gasteiger partial charge in [-0.1, -0.05) is 0 Å². The fourth-order valence-corrected chi connectivity index (χ4v) is 1.30. The van der Waals surface area contributed by atoms with Crippen molar-refractivity contribution in [1.29, 1.82) is 0 Å². The summed E-state index contributed by atoms with van der Waals surface area (Å²) in [5.41, 5.74) is 5.89. The lowest BCUT2D eigenvalue weighted by Crippen LogP contribution is -2.14. The van der Waals surface area contributed by atoms with Gasteiger partial charge in [-0.25, -0.2) is 18.9 Å². The lowest BCUT2D eigenvalue weighted by molar-refractivity contribution is 0.610. The summed E-state index contributed by atoms with van der Waals surface area (Å²) in [4.78, 5) is 11.2. The first-order valence-corrected chi connectivity index (χ1v) is 4.33. The molecule has 0 atom stereocenters. The Labute approximate surface area is 84.3 Å². The van der Waals surface area contributed by atoms with Crippen molar-refractivity contribution in [3.05, 3.63) is 46.4 Å². The minimum atomic E-state index is -0.377. The Hall–Kier alpha value is -1.95. The van der Waals surface area contributed by atoms with E-state index in [4.69, 9.17) is 5.73 Å². The molecule has 0 aliphatic rings. The van der Waals surface area contributed by atoms with Gasteiger partial charge in [-0.2, -0.15) is 5.10 Å². The van der Waals surface area contributed by atoms with Gasteiger partial charge in [0.15, 0.2) is 0 Å². The lowest BCUT2D eigenvalue weighted by atomic mass is 10.2. The highest BCUT2D eigenvalue weighted by Crippen LogP contribution is 2.11. The summed E-state index contributed by atoms with van der Waals surface area (Å²) >= 11 is 0. The summed E-state index contributed by atoms with van der Waals surface area (Å²) in [6, 6.07) is 4.29. The van der Waals surface area contributed by atoms with Crippen LogP contribution in [0.2, 0.25) is 0 Å². The molecule has 78 valence electrons. The Balaban J connectivity index is 2.55. The Morgan fingerprint density at radius 3 is 2.93 bits per heavy atom. The van der Waals surface area contributed by atoms with E-state index in [9.17, 15) is 9.18 Å². The van der Waals surface area contributed by atoms with Crippen LogP contribution in [0.4, 0.5) is 4.39 Å². The van der Waals surface area contributed by atoms with Crippen LogP contribution in [0, 0.1) is 5.82 Å². The van der Waals surface area contributed by atoms with Crippen molar-refractivity contribution >= 4 is 0 Å². The summed E-state index contributed by atoms with van der Waals surface area (Å²) in [7, 11) is 0. The second-order valence-electron chi connectivity index (χ2n) is 3.01. The van der Waals surface area contributed by atoms with Crippen molar-refractivity contribution in [1.82, 2.24) is 14.8 Å². The molecule has 15 heavy (non-hydrogen) atoms. The maximum Gasteiger partial charge on any atom is 0.347 e. The van der Waals surface area contributed by atoms with Crippen LogP contribution in [-0.2, 0) is 6.54 Å². The maximum absolute atomic E-state index is 13.1. The SMILES string of the molecule is NCc1cc(-n2cn[nH]c2=O)ccc1F. The topological polar surface area (TPSA) is 76.7 Å². The van der Waals surface area contributed by atoms with Crippen molar-refractivity contribution in [2.45, 2.75) is 6.54 Å². The number of nitrogens with one attached hydrogen (secondary N) is 1. The average Bonchev–Trinajstić information content (AvgIpc) is 2.65. The van der Waals surface area contributed by atoms with Crippen LogP contribution in [0.5, 0.6) is 0 Å². The molecular weight excluding hydrogens is 199 g/mol. The van der Waals surface area contributed by atoms with Gasteiger partial charge < -0.3 is 5.73 Å². The van der Waals surface area contributed by atoms with Crippen LogP contribution in [-0.4, -0.2) is 14.8 Å². The highest BCUT2D eigenvalue weighted by Gasteiger charge is 2.05. The van der Waals surface area contributed by atoms with E-state index < -0.39 is 0 Å². The number of hydrogen-bond donors (Lipinski definition) is 2. The van der Waals surface area contributed by atoms with E-state index in [0.717, 1.165) is 0 Å². The maximum atomic E-state index is 13.1. The molecule has 1 aromatic carbocycles. The molecule has 0 fully saturated rings. The van der Waals surface area contributed by atoms with Crippen LogP contribution >= 0.6 is 0 Å². The Morgan fingerprint density at radius 2 is 2.33 bits per heavy atom. The summed E-state index contributed by atoms with van der Waals surface area (Å²) in [6.07, 6.45) is 1.33. The predicted molar refractivity (Wildman–Crippen MR) is 52.0 cm³/mol. The van der Waals surface area contributed by atoms with Gasteiger partial charge in [0.1, 0.15) is 12.1 Å². The number of hydrogen-bond acceptors (Lipinski definition) is 3. The number of rotatable bonds is 2. The molecule has 2 aromatic rings. The molecule has 0 spiro atoms. The third-order valence-electron chi connectivity index (χ3n) is 2.08. The first-order chi connectivity index (χ1) is 7.22. The van der Waals surface area contributed by atoms with Crippen LogP contribution < -0.4 is 11.4 Å². The number of aromatic amines is 1. The highest BCUT2D eigenvalue weighted by molar-refractivity contribution is 5.36. The fraction of sp³-hybridized carbons (Fsp3) is 0.111. The summed E-state index contributed by atoms with van der Waals surface area (Å²) in [5, 5.41) is 5.83. The van der Waals surface area contributed by atoms with Crippen molar-refractivity contribution in [2.75, 3.05) is 0 Å². The lowest BCUT2D eigenvalue weighted by Gasteiger charge is -2.03. The number of H-pyrrole nitrogens is 1. The molecule has 1 heterocycles. The molecule has 0 aliphatic carbocycles. The number of benzene rings is 1. The first-order valence-electron chi connectivity index (χ1n) is 4.33. The van der Waals surface area contributed by atoms with E-state index in [1.807, 2.05) is 0 Å². The van der Waals surface area contributed by atoms with E-state index in [2.05, 4.69) is 10.2 Å². The number of nitrogens with zero attached hydrogens (tertiary/aromatic N) is 2. The smallest absolute Gasteiger partial charge is 0.326 e. The molecule has 2 rings (SSSR count). The zero-order valence-electron chi connectivity index (χ0n) is 7.77. The van der Waals surface area contributed by atoms with Crippen LogP contribution in [0.1, 0.15) is 5.56 Å². The van der Waals surface area contributed by atoms with Gasteiger partial charge in [0, 0.05) is 12.1 Å². The van der Waals surface area contributed by atoms with Gasteiger partial charge in [-0.3, -0.25) is 0 Å². The van der Waals surface area contributed by atoms with Gasteiger partial charge in [0.2, 0.25) is 0 Å². The van der Waals surface area contributed by atoms with Crippen LogP contribution in [0.25, 0.3) is 5.69 Å². The molecule has 0 aliphatic heterocycles. The third-order valence-corrected chi connectivity index (χ3v) is 2.08. The normalized spacial score (nSPS) is 10.5. The number of aromatic nitrogens is 3. The number of halogens is 1. The van der Waals surface area contributed by atoms with Gasteiger partial charge >= 0.3 is 5.69 Å². The number of nitrogens with two attached hydrogens (primary N) is 1. The predicted octanol–water partition coefficient (Wildman–Crippen LogP) is 0.158. The van der Waals surface area contributed by atoms with Gasteiger partial charge in [0.25, 0.3) is 0 Å². The molecule has 3 N–H and O–H groups in total. The summed E-state index contributed by atoms with van der Waals surface area (Å²) in [5.74, 6) is -0.377. The highest BCUT2D eigenvalue weighted by atomic mass is 19.1. The van der Waals surface area contributed by atoms with E-state index in [1.165, 1.54) is 29.1 Å². The van der Waals surface area contributed by atoms with Crippen molar-refractivity contribution in [3.8, 4) is 5.69 Å². The van der Waals surface area contributed by atoms with Gasteiger partial charge in [-0.05, 0) is 18.2 Å². The third kappa shape index (κ3) is 1.66. The zero-order chi connectivity index (χ0) is 10.8. The standard InChI is InChI=1S/C9H9FN4O/c10-8-2-1-7(3-6(8)4-11)14-5-12-13-9(14)15/h1-3,5H,4,11H2,(H,13,15).